The molecular weight excluding hydrogens is 322 g/mol. The van der Waals surface area contributed by atoms with Crippen molar-refractivity contribution in [2.24, 2.45) is 0 Å². The van der Waals surface area contributed by atoms with E-state index in [4.69, 9.17) is 4.74 Å². The number of carbonyl (C=O) groups excluding carboxylic acids is 1. The Morgan fingerprint density at radius 3 is 2.44 bits per heavy atom. The third kappa shape index (κ3) is 4.77. The Bertz CT molecular complexity index is 749. The second kappa shape index (κ2) is 8.25. The number of benzene rings is 2. The molecule has 0 aliphatic carbocycles. The first kappa shape index (κ1) is 18.4. The molecule has 0 unspecified atom stereocenters. The van der Waals surface area contributed by atoms with Crippen LogP contribution in [0.5, 0.6) is 5.75 Å². The zero-order valence-corrected chi connectivity index (χ0v) is 14.4. The van der Waals surface area contributed by atoms with E-state index in [0.29, 0.717) is 5.75 Å². The van der Waals surface area contributed by atoms with Crippen LogP contribution in [-0.2, 0) is 4.79 Å². The van der Waals surface area contributed by atoms with Crippen LogP contribution in [0.4, 0.5) is 11.4 Å². The van der Waals surface area contributed by atoms with Gasteiger partial charge in [0.2, 0.25) is 5.91 Å². The molecule has 1 amide bonds. The van der Waals surface area contributed by atoms with E-state index in [1.165, 1.54) is 25.3 Å². The largest absolute Gasteiger partial charge is 0.495 e. The van der Waals surface area contributed by atoms with Crippen molar-refractivity contribution >= 4 is 17.3 Å². The zero-order chi connectivity index (χ0) is 18.4. The van der Waals surface area contributed by atoms with Gasteiger partial charge in [0.15, 0.2) is 0 Å². The molecule has 0 aromatic heterocycles. The van der Waals surface area contributed by atoms with Gasteiger partial charge in [0.05, 0.1) is 23.8 Å². The Kier molecular flexibility index (Phi) is 6.08. The average Bonchev–Trinajstić information content (AvgIpc) is 2.62. The van der Waals surface area contributed by atoms with E-state index in [0.717, 1.165) is 5.56 Å². The highest BCUT2D eigenvalue weighted by atomic mass is 16.6. The van der Waals surface area contributed by atoms with E-state index >= 15 is 0 Å². The van der Waals surface area contributed by atoms with Gasteiger partial charge in [0, 0.05) is 18.2 Å². The molecule has 25 heavy (non-hydrogen) atoms. The third-order valence-electron chi connectivity index (χ3n) is 3.84. The van der Waals surface area contributed by atoms with E-state index < -0.39 is 11.0 Å². The van der Waals surface area contributed by atoms with E-state index in [1.54, 1.807) is 6.92 Å². The Morgan fingerprint density at radius 2 is 1.84 bits per heavy atom. The summed E-state index contributed by atoms with van der Waals surface area (Å²) < 4.78 is 5.15. The average molecular weight is 343 g/mol. The molecule has 0 saturated heterocycles. The number of nitrogens with zero attached hydrogens (tertiary/aromatic N) is 1. The first-order chi connectivity index (χ1) is 11.9. The SMILES string of the molecule is COc1ccc([N+](=O)[O-])cc1NC(=O)[C@@H](C)N[C@H](C)c1ccccc1. The molecule has 7 heteroatoms. The van der Waals surface area contributed by atoms with E-state index in [9.17, 15) is 14.9 Å². The summed E-state index contributed by atoms with van der Waals surface area (Å²) in [5.41, 5.74) is 1.21. The van der Waals surface area contributed by atoms with Crippen molar-refractivity contribution < 1.29 is 14.5 Å². The van der Waals surface area contributed by atoms with Crippen molar-refractivity contribution in [2.45, 2.75) is 25.9 Å². The molecule has 0 heterocycles. The quantitative estimate of drug-likeness (QED) is 0.594. The number of hydrogen-bond donors (Lipinski definition) is 2. The van der Waals surface area contributed by atoms with Crippen LogP contribution in [0.15, 0.2) is 48.5 Å². The minimum atomic E-state index is -0.520. The molecule has 2 aromatic rings. The van der Waals surface area contributed by atoms with Crippen molar-refractivity contribution in [3.63, 3.8) is 0 Å². The molecule has 2 N–H and O–H groups in total. The van der Waals surface area contributed by atoms with Crippen molar-refractivity contribution in [3.8, 4) is 5.75 Å². The van der Waals surface area contributed by atoms with Gasteiger partial charge in [-0.05, 0) is 25.5 Å². The van der Waals surface area contributed by atoms with Crippen molar-refractivity contribution in [1.29, 1.82) is 0 Å². The Balaban J connectivity index is 2.08. The predicted molar refractivity (Wildman–Crippen MR) is 95.7 cm³/mol. The van der Waals surface area contributed by atoms with Crippen LogP contribution in [0.1, 0.15) is 25.5 Å². The van der Waals surface area contributed by atoms with Crippen LogP contribution >= 0.6 is 0 Å². The van der Waals surface area contributed by atoms with Gasteiger partial charge >= 0.3 is 0 Å². The number of hydrogen-bond acceptors (Lipinski definition) is 5. The lowest BCUT2D eigenvalue weighted by Gasteiger charge is -2.20. The second-order valence-corrected chi connectivity index (χ2v) is 5.65. The van der Waals surface area contributed by atoms with Gasteiger partial charge in [-0.3, -0.25) is 20.2 Å². The van der Waals surface area contributed by atoms with E-state index in [2.05, 4.69) is 10.6 Å². The Hall–Kier alpha value is -2.93. The summed E-state index contributed by atoms with van der Waals surface area (Å²) in [7, 11) is 1.44. The number of methoxy groups -OCH3 is 1. The van der Waals surface area contributed by atoms with Gasteiger partial charge in [-0.2, -0.15) is 0 Å². The molecule has 0 saturated carbocycles. The maximum atomic E-state index is 12.4. The summed E-state index contributed by atoms with van der Waals surface area (Å²) in [6, 6.07) is 13.3. The summed E-state index contributed by atoms with van der Waals surface area (Å²) in [5, 5.41) is 16.8. The first-order valence-corrected chi connectivity index (χ1v) is 7.86. The topological polar surface area (TPSA) is 93.5 Å². The summed E-state index contributed by atoms with van der Waals surface area (Å²) in [5.74, 6) is 0.0591. The maximum absolute atomic E-state index is 12.4. The third-order valence-corrected chi connectivity index (χ3v) is 3.84. The lowest BCUT2D eigenvalue weighted by atomic mass is 10.1. The maximum Gasteiger partial charge on any atom is 0.271 e. The van der Waals surface area contributed by atoms with Crippen LogP contribution in [0.3, 0.4) is 0 Å². The number of rotatable bonds is 7. The Morgan fingerprint density at radius 1 is 1.16 bits per heavy atom. The summed E-state index contributed by atoms with van der Waals surface area (Å²) >= 11 is 0. The molecule has 2 atom stereocenters. The fraction of sp³-hybridized carbons (Fsp3) is 0.278. The highest BCUT2D eigenvalue weighted by Gasteiger charge is 2.19. The lowest BCUT2D eigenvalue weighted by molar-refractivity contribution is -0.384. The van der Waals surface area contributed by atoms with Crippen molar-refractivity contribution in [3.05, 3.63) is 64.2 Å². The molecule has 0 fully saturated rings. The molecule has 0 spiro atoms. The van der Waals surface area contributed by atoms with Crippen LogP contribution in [-0.4, -0.2) is 24.0 Å². The van der Waals surface area contributed by atoms with Crippen LogP contribution in [0.25, 0.3) is 0 Å². The summed E-state index contributed by atoms with van der Waals surface area (Å²) in [6.07, 6.45) is 0. The molecule has 132 valence electrons. The molecule has 0 aliphatic rings. The molecule has 0 radical (unpaired) electrons. The lowest BCUT2D eigenvalue weighted by Crippen LogP contribution is -2.39. The van der Waals surface area contributed by atoms with Gasteiger partial charge in [0.25, 0.3) is 5.69 Å². The minimum Gasteiger partial charge on any atom is -0.495 e. The number of nitro benzene ring substituents is 1. The number of non-ortho nitro benzene ring substituents is 1. The minimum absolute atomic E-state index is 0.0195. The number of nitrogens with one attached hydrogen (secondary N) is 2. The molecule has 0 bridgehead atoms. The van der Waals surface area contributed by atoms with E-state index in [-0.39, 0.29) is 23.3 Å². The normalized spacial score (nSPS) is 12.9. The van der Waals surface area contributed by atoms with Crippen molar-refractivity contribution in [1.82, 2.24) is 5.32 Å². The smallest absolute Gasteiger partial charge is 0.271 e. The Labute approximate surface area is 146 Å². The van der Waals surface area contributed by atoms with Crippen LogP contribution < -0.4 is 15.4 Å². The van der Waals surface area contributed by atoms with Gasteiger partial charge in [0.1, 0.15) is 5.75 Å². The zero-order valence-electron chi connectivity index (χ0n) is 14.4. The number of nitro groups is 1. The number of anilines is 1. The highest BCUT2D eigenvalue weighted by molar-refractivity contribution is 5.96. The van der Waals surface area contributed by atoms with Crippen LogP contribution in [0, 0.1) is 10.1 Å². The predicted octanol–water partition coefficient (Wildman–Crippen LogP) is 3.28. The molecule has 2 aromatic carbocycles. The van der Waals surface area contributed by atoms with Gasteiger partial charge in [-0.15, -0.1) is 0 Å². The molecule has 2 rings (SSSR count). The fourth-order valence-electron chi connectivity index (χ4n) is 2.44. The fourth-order valence-corrected chi connectivity index (χ4v) is 2.44. The summed E-state index contributed by atoms with van der Waals surface area (Å²) in [4.78, 5) is 22.8. The number of ether oxygens (including phenoxy) is 1. The molecule has 0 aliphatic heterocycles. The summed E-state index contributed by atoms with van der Waals surface area (Å²) in [6.45, 7) is 3.70. The van der Waals surface area contributed by atoms with Gasteiger partial charge in [-0.1, -0.05) is 30.3 Å². The standard InChI is InChI=1S/C18H21N3O4/c1-12(14-7-5-4-6-8-14)19-13(2)18(22)20-16-11-15(21(23)24)9-10-17(16)25-3/h4-13,19H,1-3H3,(H,20,22)/t12-,13-/m1/s1. The van der Waals surface area contributed by atoms with Gasteiger partial charge < -0.3 is 10.1 Å². The van der Waals surface area contributed by atoms with Crippen LogP contribution in [0.2, 0.25) is 0 Å². The second-order valence-electron chi connectivity index (χ2n) is 5.65. The molecular formula is C18H21N3O4. The van der Waals surface area contributed by atoms with E-state index in [1.807, 2.05) is 37.3 Å². The highest BCUT2D eigenvalue weighted by Crippen LogP contribution is 2.29. The monoisotopic (exact) mass is 343 g/mol. The first-order valence-electron chi connectivity index (χ1n) is 7.86. The van der Waals surface area contributed by atoms with Crippen molar-refractivity contribution in [2.75, 3.05) is 12.4 Å². The number of amides is 1. The van der Waals surface area contributed by atoms with Gasteiger partial charge in [-0.25, -0.2) is 0 Å². The molecule has 7 nitrogen and oxygen atoms in total. The number of carbonyl (C=O) groups is 1.